The first-order valence-electron chi connectivity index (χ1n) is 13.8. The van der Waals surface area contributed by atoms with E-state index in [4.69, 9.17) is 4.74 Å². The predicted molar refractivity (Wildman–Crippen MR) is 156 cm³/mol. The summed E-state index contributed by atoms with van der Waals surface area (Å²) in [7, 11) is 0. The first kappa shape index (κ1) is 28.8. The van der Waals surface area contributed by atoms with E-state index in [1.54, 1.807) is 19.3 Å². The molecular formula is C32H38N4O4. The number of nitrogens with zero attached hydrogens (tertiary/aromatic N) is 3. The second-order valence-electron chi connectivity index (χ2n) is 10.8. The summed E-state index contributed by atoms with van der Waals surface area (Å²) < 4.78 is 8.67. The molecule has 2 atom stereocenters. The minimum Gasteiger partial charge on any atom is -0.466 e. The van der Waals surface area contributed by atoms with Crippen LogP contribution in [0.3, 0.4) is 0 Å². The van der Waals surface area contributed by atoms with Gasteiger partial charge >= 0.3 is 5.97 Å². The highest BCUT2D eigenvalue weighted by Crippen LogP contribution is 2.33. The number of esters is 1. The van der Waals surface area contributed by atoms with Gasteiger partial charge in [0.15, 0.2) is 0 Å². The molecule has 2 unspecified atom stereocenters. The normalized spacial score (nSPS) is 12.9. The first-order chi connectivity index (χ1) is 19.1. The fourth-order valence-corrected chi connectivity index (χ4v) is 5.22. The number of carbonyl (C=O) groups is 2. The zero-order valence-corrected chi connectivity index (χ0v) is 24.1. The summed E-state index contributed by atoms with van der Waals surface area (Å²) in [6.07, 6.45) is 7.56. The second kappa shape index (κ2) is 12.3. The van der Waals surface area contributed by atoms with Crippen LogP contribution in [-0.4, -0.2) is 32.4 Å². The average Bonchev–Trinajstić information content (AvgIpc) is 3.36. The van der Waals surface area contributed by atoms with Gasteiger partial charge in [0.05, 0.1) is 19.1 Å². The molecule has 0 bridgehead atoms. The Morgan fingerprint density at radius 3 is 2.42 bits per heavy atom. The number of imidazole rings is 1. The van der Waals surface area contributed by atoms with Crippen LogP contribution in [0.15, 0.2) is 66.0 Å². The lowest BCUT2D eigenvalue weighted by Crippen LogP contribution is -2.40. The van der Waals surface area contributed by atoms with Gasteiger partial charge in [-0.25, -0.2) is 4.98 Å². The number of aromatic nitrogens is 3. The molecule has 0 saturated carbocycles. The molecule has 0 aliphatic rings. The molecular weight excluding hydrogens is 504 g/mol. The third-order valence-electron chi connectivity index (χ3n) is 7.09. The van der Waals surface area contributed by atoms with Crippen LogP contribution in [0.1, 0.15) is 68.0 Å². The van der Waals surface area contributed by atoms with Crippen molar-refractivity contribution in [1.29, 1.82) is 0 Å². The number of ether oxygens (including phenoxy) is 1. The Hall–Kier alpha value is -4.20. The minimum atomic E-state index is -0.729. The number of hydrogen-bond acceptors (Lipinski definition) is 5. The summed E-state index contributed by atoms with van der Waals surface area (Å²) in [5.41, 5.74) is 6.29. The maximum absolute atomic E-state index is 13.9. The van der Waals surface area contributed by atoms with Gasteiger partial charge in [0.25, 0.3) is 5.56 Å². The van der Waals surface area contributed by atoms with Crippen LogP contribution in [0.25, 0.3) is 16.8 Å². The van der Waals surface area contributed by atoms with Crippen molar-refractivity contribution in [3.63, 3.8) is 0 Å². The maximum atomic E-state index is 13.9. The van der Waals surface area contributed by atoms with Crippen LogP contribution < -0.4 is 10.9 Å². The van der Waals surface area contributed by atoms with Crippen LogP contribution in [-0.2, 0) is 14.3 Å². The van der Waals surface area contributed by atoms with E-state index in [0.717, 1.165) is 39.0 Å². The third kappa shape index (κ3) is 6.33. The molecule has 0 aliphatic heterocycles. The standard InChI is InChI=1S/C32H38N4O4/c1-7-40-29(38)18-26(34-32(39)27(15-20(2)3)36-13-11-21(4)16-28(36)37)24-17-25(31-33-12-14-35(31)19-24)30-22(5)9-8-10-23(30)6/h8-14,16-17,19-20,26-27H,7,15,18H2,1-6H3,(H,34,39). The predicted octanol–water partition coefficient (Wildman–Crippen LogP) is 5.49. The van der Waals surface area contributed by atoms with E-state index in [1.165, 1.54) is 10.6 Å². The Bertz CT molecular complexity index is 1560. The van der Waals surface area contributed by atoms with Crippen molar-refractivity contribution in [2.75, 3.05) is 6.61 Å². The number of rotatable bonds is 10. The zero-order valence-electron chi connectivity index (χ0n) is 24.1. The minimum absolute atomic E-state index is 0.0524. The molecule has 0 aliphatic carbocycles. The molecule has 0 saturated heterocycles. The van der Waals surface area contributed by atoms with Gasteiger partial charge in [0.1, 0.15) is 11.7 Å². The molecule has 210 valence electrons. The van der Waals surface area contributed by atoms with Crippen molar-refractivity contribution in [1.82, 2.24) is 19.3 Å². The largest absolute Gasteiger partial charge is 0.466 e. The summed E-state index contributed by atoms with van der Waals surface area (Å²) in [5, 5.41) is 3.10. The number of carbonyl (C=O) groups excluding carboxylic acids is 2. The van der Waals surface area contributed by atoms with Gasteiger partial charge in [-0.05, 0) is 80.0 Å². The SMILES string of the molecule is CCOC(=O)CC(NC(=O)C(CC(C)C)n1ccc(C)cc1=O)c1cc(-c2c(C)cccc2C)c2nccn2c1. The number of fused-ring (bicyclic) bond motifs is 1. The van der Waals surface area contributed by atoms with Crippen LogP contribution >= 0.6 is 0 Å². The molecule has 40 heavy (non-hydrogen) atoms. The van der Waals surface area contributed by atoms with Crippen molar-refractivity contribution in [3.8, 4) is 11.1 Å². The Labute approximate surface area is 235 Å². The van der Waals surface area contributed by atoms with Crippen molar-refractivity contribution >= 4 is 17.5 Å². The molecule has 4 aromatic rings. The van der Waals surface area contributed by atoms with E-state index in [-0.39, 0.29) is 30.4 Å². The molecule has 3 heterocycles. The van der Waals surface area contributed by atoms with Gasteiger partial charge in [-0.3, -0.25) is 14.4 Å². The Kier molecular flexibility index (Phi) is 8.87. The van der Waals surface area contributed by atoms with Gasteiger partial charge in [-0.2, -0.15) is 0 Å². The third-order valence-corrected chi connectivity index (χ3v) is 7.09. The molecule has 1 N–H and O–H groups in total. The summed E-state index contributed by atoms with van der Waals surface area (Å²) >= 11 is 0. The molecule has 0 fully saturated rings. The topological polar surface area (TPSA) is 94.7 Å². The van der Waals surface area contributed by atoms with Crippen LogP contribution in [0.5, 0.6) is 0 Å². The number of pyridine rings is 2. The lowest BCUT2D eigenvalue weighted by Gasteiger charge is -2.26. The Balaban J connectivity index is 1.80. The van der Waals surface area contributed by atoms with Crippen molar-refractivity contribution < 1.29 is 14.3 Å². The first-order valence-corrected chi connectivity index (χ1v) is 13.8. The van der Waals surface area contributed by atoms with E-state index in [9.17, 15) is 14.4 Å². The molecule has 0 spiro atoms. The van der Waals surface area contributed by atoms with Crippen LogP contribution in [0, 0.1) is 26.7 Å². The number of aryl methyl sites for hydroxylation is 3. The van der Waals surface area contributed by atoms with Crippen molar-refractivity contribution in [2.24, 2.45) is 5.92 Å². The number of benzene rings is 1. The summed E-state index contributed by atoms with van der Waals surface area (Å²) in [6.45, 7) is 12.0. The Morgan fingerprint density at radius 2 is 1.77 bits per heavy atom. The number of nitrogens with one attached hydrogen (secondary N) is 1. The summed E-state index contributed by atoms with van der Waals surface area (Å²) in [6, 6.07) is 10.1. The summed E-state index contributed by atoms with van der Waals surface area (Å²) in [4.78, 5) is 44.1. The van der Waals surface area contributed by atoms with E-state index in [2.05, 4.69) is 36.3 Å². The lowest BCUT2D eigenvalue weighted by molar-refractivity contribution is -0.144. The number of amides is 1. The van der Waals surface area contributed by atoms with Gasteiger partial charge in [-0.15, -0.1) is 0 Å². The fourth-order valence-electron chi connectivity index (χ4n) is 5.22. The molecule has 3 aromatic heterocycles. The van der Waals surface area contributed by atoms with Gasteiger partial charge in [0, 0.05) is 36.4 Å². The Morgan fingerprint density at radius 1 is 1.05 bits per heavy atom. The zero-order chi connectivity index (χ0) is 29.0. The molecule has 8 nitrogen and oxygen atoms in total. The highest BCUT2D eigenvalue weighted by atomic mass is 16.5. The molecule has 0 radical (unpaired) electrons. The van der Waals surface area contributed by atoms with E-state index in [1.807, 2.05) is 55.8 Å². The van der Waals surface area contributed by atoms with Crippen LogP contribution in [0.4, 0.5) is 0 Å². The molecule has 1 amide bonds. The average molecular weight is 543 g/mol. The molecule has 1 aromatic carbocycles. The van der Waals surface area contributed by atoms with Gasteiger partial charge in [0.2, 0.25) is 5.91 Å². The molecule has 8 heteroatoms. The monoisotopic (exact) mass is 542 g/mol. The lowest BCUT2D eigenvalue weighted by atomic mass is 9.93. The number of hydrogen-bond donors (Lipinski definition) is 1. The highest BCUT2D eigenvalue weighted by molar-refractivity contribution is 5.84. The highest BCUT2D eigenvalue weighted by Gasteiger charge is 2.28. The second-order valence-corrected chi connectivity index (χ2v) is 10.8. The van der Waals surface area contributed by atoms with E-state index >= 15 is 0 Å². The van der Waals surface area contributed by atoms with E-state index < -0.39 is 18.1 Å². The molecule has 4 rings (SSSR count). The smallest absolute Gasteiger partial charge is 0.308 e. The van der Waals surface area contributed by atoms with Gasteiger partial charge in [-0.1, -0.05) is 32.0 Å². The maximum Gasteiger partial charge on any atom is 0.308 e. The quantitative estimate of drug-likeness (QED) is 0.268. The van der Waals surface area contributed by atoms with E-state index in [0.29, 0.717) is 6.42 Å². The summed E-state index contributed by atoms with van der Waals surface area (Å²) in [5.74, 6) is -0.584. The van der Waals surface area contributed by atoms with Crippen LogP contribution in [0.2, 0.25) is 0 Å². The fraction of sp³-hybridized carbons (Fsp3) is 0.375. The van der Waals surface area contributed by atoms with Crippen molar-refractivity contribution in [2.45, 2.75) is 66.5 Å². The van der Waals surface area contributed by atoms with Crippen molar-refractivity contribution in [3.05, 3.63) is 93.8 Å². The van der Waals surface area contributed by atoms with Gasteiger partial charge < -0.3 is 19.0 Å².